The van der Waals surface area contributed by atoms with E-state index in [1.165, 1.54) is 0 Å². The number of hydrogen-bond acceptors (Lipinski definition) is 7. The Kier molecular flexibility index (Phi) is 8.64. The van der Waals surface area contributed by atoms with Crippen LogP contribution in [-0.2, 0) is 22.8 Å². The summed E-state index contributed by atoms with van der Waals surface area (Å²) in [5, 5.41) is 14.8. The standard InChI is InChI=1S/CH7N5.Co.NO3.O/c2-1(3)6(4)5;;2-1(3)4;/h4-5H2,(H3,2,3);;;/q;+1;-1;. The fourth-order valence-electron chi connectivity index (χ4n) is 0.0203. The van der Waals surface area contributed by atoms with Crippen molar-refractivity contribution in [3.8, 4) is 0 Å². The Morgan fingerprint density at radius 2 is 2.00 bits per heavy atom. The second kappa shape index (κ2) is 7.80. The van der Waals surface area contributed by atoms with Crippen LogP contribution in [0.15, 0.2) is 0 Å². The molecule has 0 bridgehead atoms. The van der Waals surface area contributed by atoms with E-state index < -0.39 is 20.0 Å². The topological polar surface area (TPSA) is 175 Å². The van der Waals surface area contributed by atoms with E-state index in [0.29, 0.717) is 5.12 Å². The van der Waals surface area contributed by atoms with Gasteiger partial charge in [-0.15, -0.1) is 0 Å². The van der Waals surface area contributed by atoms with Crippen molar-refractivity contribution in [1.82, 2.24) is 5.12 Å². The van der Waals surface area contributed by atoms with Crippen molar-refractivity contribution in [2.75, 3.05) is 0 Å². The van der Waals surface area contributed by atoms with Gasteiger partial charge in [-0.25, -0.2) is 16.8 Å². The molecule has 11 heteroatoms. The van der Waals surface area contributed by atoms with E-state index in [0.717, 1.165) is 0 Å². The van der Waals surface area contributed by atoms with E-state index >= 15 is 0 Å². The first kappa shape index (κ1) is 13.3. The molecule has 0 amide bonds. The average molecular weight is 226 g/mol. The Labute approximate surface area is 72.7 Å². The molecule has 7 N–H and O–H groups in total. The van der Waals surface area contributed by atoms with E-state index in [-0.39, 0.29) is 5.96 Å². The van der Waals surface area contributed by atoms with Crippen LogP contribution in [0.5, 0.6) is 0 Å². The SMILES string of the molecule is N=C(N)N(N)N.[O]=[Co][O][N+](=O)[O-]. The van der Waals surface area contributed by atoms with Gasteiger partial charge in [0.25, 0.3) is 0 Å². The molecule has 0 rings (SSSR count). The summed E-state index contributed by atoms with van der Waals surface area (Å²) < 4.78 is 12.2. The molecule has 10 nitrogen and oxygen atoms in total. The number of rotatable bonds is 2. The monoisotopic (exact) mass is 226 g/mol. The summed E-state index contributed by atoms with van der Waals surface area (Å²) in [7, 11) is 0. The van der Waals surface area contributed by atoms with Crippen molar-refractivity contribution in [3.05, 3.63) is 10.1 Å². The molecule has 0 atom stereocenters. The van der Waals surface area contributed by atoms with Gasteiger partial charge in [-0.1, -0.05) is 0 Å². The molecule has 0 spiro atoms. The number of hydrogen-bond donors (Lipinski definition) is 4. The molecule has 0 aromatic heterocycles. The van der Waals surface area contributed by atoms with Gasteiger partial charge in [0.05, 0.1) is 0 Å². The van der Waals surface area contributed by atoms with Crippen LogP contribution < -0.4 is 17.4 Å². The summed E-state index contributed by atoms with van der Waals surface area (Å²) >= 11 is -0.901. The number of nitrogens with zero attached hydrogens (tertiary/aromatic N) is 2. The molecule has 0 aliphatic carbocycles. The van der Waals surface area contributed by atoms with Gasteiger partial charge >= 0.3 is 38.0 Å². The zero-order valence-corrected chi connectivity index (χ0v) is 6.63. The fraction of sp³-hybridized carbons (Fsp3) is 0. The number of nitrogens with one attached hydrogen (secondary N) is 1. The number of guanidine groups is 1. The second-order valence-corrected chi connectivity index (χ2v) is 1.50. The molecular formula is CH7CoN6O4. The molecule has 0 aliphatic heterocycles. The van der Waals surface area contributed by atoms with Gasteiger partial charge in [0.1, 0.15) is 0 Å². The van der Waals surface area contributed by atoms with Crippen molar-refractivity contribution in [2.24, 2.45) is 17.4 Å². The van der Waals surface area contributed by atoms with Gasteiger partial charge < -0.3 is 5.73 Å². The molecule has 0 aliphatic rings. The molecule has 0 radical (unpaired) electrons. The Balaban J connectivity index is 0. The van der Waals surface area contributed by atoms with Crippen molar-refractivity contribution in [2.45, 2.75) is 0 Å². The summed E-state index contributed by atoms with van der Waals surface area (Å²) in [6.45, 7) is 0. The molecule has 12 heavy (non-hydrogen) atoms. The maximum atomic E-state index is 9.05. The summed E-state index contributed by atoms with van der Waals surface area (Å²) in [5.74, 6) is 9.04. The molecule has 74 valence electrons. The third-order valence-corrected chi connectivity index (χ3v) is 0.585. The van der Waals surface area contributed by atoms with Gasteiger partial charge in [-0.3, -0.25) is 5.41 Å². The number of hydrazine groups is 2. The average Bonchev–Trinajstić information content (AvgIpc) is 1.87. The zero-order valence-electron chi connectivity index (χ0n) is 5.59. The molecule has 0 fully saturated rings. The zero-order chi connectivity index (χ0) is 10.1. The summed E-state index contributed by atoms with van der Waals surface area (Å²) in [4.78, 5) is 8.97. The van der Waals surface area contributed by atoms with Crippen LogP contribution in [0.4, 0.5) is 0 Å². The normalized spacial score (nSPS) is 7.83. The van der Waals surface area contributed by atoms with E-state index in [9.17, 15) is 0 Å². The predicted molar refractivity (Wildman–Crippen MR) is 30.9 cm³/mol. The molecular weight excluding hydrogens is 219 g/mol. The van der Waals surface area contributed by atoms with Gasteiger partial charge in [0, 0.05) is 0 Å². The van der Waals surface area contributed by atoms with Crippen LogP contribution in [0.25, 0.3) is 0 Å². The third kappa shape index (κ3) is 15.9. The van der Waals surface area contributed by atoms with Crippen LogP contribution in [0.2, 0.25) is 0 Å². The minimum atomic E-state index is -1.15. The minimum absolute atomic E-state index is 0.352. The van der Waals surface area contributed by atoms with Crippen molar-refractivity contribution in [1.29, 1.82) is 5.41 Å². The predicted octanol–water partition coefficient (Wildman–Crippen LogP) is -2.53. The van der Waals surface area contributed by atoms with Gasteiger partial charge in [-0.05, 0) is 0 Å². The third-order valence-electron chi connectivity index (χ3n) is 0.353. The fourth-order valence-corrected chi connectivity index (χ4v) is 0.0836. The molecule has 0 aromatic carbocycles. The molecule has 0 heterocycles. The Hall–Kier alpha value is -1.30. The summed E-state index contributed by atoms with van der Waals surface area (Å²) in [6.07, 6.45) is 0. The van der Waals surface area contributed by atoms with E-state index in [1.807, 2.05) is 0 Å². The van der Waals surface area contributed by atoms with Crippen LogP contribution in [0.3, 0.4) is 0 Å². The van der Waals surface area contributed by atoms with Crippen LogP contribution >= 0.6 is 0 Å². The van der Waals surface area contributed by atoms with Crippen molar-refractivity contribution >= 4 is 5.96 Å². The second-order valence-electron chi connectivity index (χ2n) is 1.13. The first-order valence-electron chi connectivity index (χ1n) is 2.10. The Bertz CT molecular complexity index is 169. The maximum absolute atomic E-state index is 9.05. The molecule has 0 saturated carbocycles. The van der Waals surface area contributed by atoms with Gasteiger partial charge in [0.2, 0.25) is 5.96 Å². The van der Waals surface area contributed by atoms with Crippen molar-refractivity contribution < 1.29 is 27.9 Å². The molecule has 0 saturated heterocycles. The number of nitrogens with two attached hydrogens (primary N) is 3. The van der Waals surface area contributed by atoms with Gasteiger partial charge in [0.15, 0.2) is 0 Å². The Morgan fingerprint density at radius 1 is 1.67 bits per heavy atom. The van der Waals surface area contributed by atoms with Gasteiger partial charge in [-0.2, -0.15) is 0 Å². The van der Waals surface area contributed by atoms with Crippen LogP contribution in [0.1, 0.15) is 0 Å². The molecule has 0 unspecified atom stereocenters. The van der Waals surface area contributed by atoms with E-state index in [4.69, 9.17) is 36.8 Å². The quantitative estimate of drug-likeness (QED) is 0.131. The molecule has 0 aromatic rings. The van der Waals surface area contributed by atoms with E-state index in [1.54, 1.807) is 0 Å². The Morgan fingerprint density at radius 3 is 2.00 bits per heavy atom. The first-order valence-corrected chi connectivity index (χ1v) is 2.95. The summed E-state index contributed by atoms with van der Waals surface area (Å²) in [6, 6.07) is 0. The van der Waals surface area contributed by atoms with E-state index in [2.05, 4.69) is 3.95 Å². The van der Waals surface area contributed by atoms with Crippen LogP contribution in [-0.4, -0.2) is 16.2 Å². The first-order chi connectivity index (χ1) is 5.41. The summed E-state index contributed by atoms with van der Waals surface area (Å²) in [5.41, 5.74) is 4.69. The van der Waals surface area contributed by atoms with Crippen molar-refractivity contribution in [3.63, 3.8) is 0 Å². The van der Waals surface area contributed by atoms with Crippen LogP contribution in [0, 0.1) is 15.5 Å².